The minimum atomic E-state index is -0.0135. The Morgan fingerprint density at radius 3 is 2.04 bits per heavy atom. The van der Waals surface area contributed by atoms with Gasteiger partial charge < -0.3 is 0 Å². The predicted octanol–water partition coefficient (Wildman–Crippen LogP) is 7.38. The molecule has 0 aliphatic carbocycles. The third-order valence-electron chi connectivity index (χ3n) is 5.14. The van der Waals surface area contributed by atoms with Crippen molar-refractivity contribution in [3.05, 3.63) is 35.4 Å². The second-order valence-electron chi connectivity index (χ2n) is 8.87. The van der Waals surface area contributed by atoms with E-state index in [9.17, 15) is 0 Å². The average Bonchev–Trinajstić information content (AvgIpc) is 2.52. The number of aryl methyl sites for hydroxylation is 1. The van der Waals surface area contributed by atoms with Crippen molar-refractivity contribution in [2.24, 2.45) is 11.3 Å². The van der Waals surface area contributed by atoms with Crippen LogP contribution in [-0.2, 0) is 0 Å². The van der Waals surface area contributed by atoms with Crippen LogP contribution in [0.15, 0.2) is 24.3 Å². The summed E-state index contributed by atoms with van der Waals surface area (Å²) in [7, 11) is -0.0135. The minimum absolute atomic E-state index is 0.0135. The summed E-state index contributed by atoms with van der Waals surface area (Å²) in [5.41, 5.74) is 3.10. The molecule has 141 valence electrons. The first-order valence-corrected chi connectivity index (χ1v) is 12.3. The van der Waals surface area contributed by atoms with Crippen LogP contribution in [0.2, 0.25) is 0 Å². The average molecular weight is 377 g/mol. The number of hydrogen-bond donors (Lipinski definition) is 0. The fourth-order valence-corrected chi connectivity index (χ4v) is 6.44. The van der Waals surface area contributed by atoms with E-state index in [2.05, 4.69) is 79.0 Å². The Morgan fingerprint density at radius 2 is 1.60 bits per heavy atom. The molecule has 0 bridgehead atoms. The summed E-state index contributed by atoms with van der Waals surface area (Å²) >= 11 is 1.91. The van der Waals surface area contributed by atoms with Gasteiger partial charge in [-0.05, 0) is 0 Å². The molecule has 3 heteroatoms. The van der Waals surface area contributed by atoms with Gasteiger partial charge in [0.15, 0.2) is 0 Å². The maximum absolute atomic E-state index is 6.68. The number of hydrogen-bond acceptors (Lipinski definition) is 1. The van der Waals surface area contributed by atoms with Crippen LogP contribution in [-0.4, -0.2) is 22.8 Å². The molecule has 25 heavy (non-hydrogen) atoms. The molecular formula is C22H38BS2. The van der Waals surface area contributed by atoms with E-state index in [0.717, 1.165) is 0 Å². The van der Waals surface area contributed by atoms with Gasteiger partial charge in [-0.1, -0.05) is 0 Å². The topological polar surface area (TPSA) is 0 Å². The van der Waals surface area contributed by atoms with Crippen molar-refractivity contribution in [3.63, 3.8) is 0 Å². The standard InChI is InChI=1S/C22H38BS2/c1-16(2)15-20(25(23)18(4)24-8)13-14-21(22(5,6)7)19-11-9-17(3)10-12-19/h9-12,16,18,20-21H,13-15H2,1-8H3. The quantitative estimate of drug-likeness (QED) is 0.405. The van der Waals surface area contributed by atoms with Crippen molar-refractivity contribution in [2.75, 3.05) is 6.26 Å². The van der Waals surface area contributed by atoms with Crippen molar-refractivity contribution >= 4 is 28.8 Å². The number of benzene rings is 1. The Hall–Kier alpha value is -0.0151. The Kier molecular flexibility index (Phi) is 9.54. The van der Waals surface area contributed by atoms with Crippen LogP contribution in [0.1, 0.15) is 77.8 Å². The van der Waals surface area contributed by atoms with Gasteiger partial charge in [0.2, 0.25) is 0 Å². The second-order valence-corrected chi connectivity index (χ2v) is 12.5. The molecule has 0 aliphatic rings. The second kappa shape index (κ2) is 10.4. The Bertz CT molecular complexity index is 528. The van der Waals surface area contributed by atoms with E-state index in [1.165, 1.54) is 30.4 Å². The Morgan fingerprint density at radius 1 is 1.04 bits per heavy atom. The van der Waals surface area contributed by atoms with Gasteiger partial charge in [-0.3, -0.25) is 0 Å². The molecule has 4 unspecified atom stereocenters. The molecule has 1 aromatic rings. The van der Waals surface area contributed by atoms with E-state index in [1.54, 1.807) is 0 Å². The van der Waals surface area contributed by atoms with E-state index < -0.39 is 0 Å². The summed E-state index contributed by atoms with van der Waals surface area (Å²) in [5, 5.41) is 0.637. The number of rotatable bonds is 9. The van der Waals surface area contributed by atoms with Crippen LogP contribution in [0.4, 0.5) is 0 Å². The summed E-state index contributed by atoms with van der Waals surface area (Å²) < 4.78 is 0.552. The van der Waals surface area contributed by atoms with E-state index in [4.69, 9.17) is 6.72 Å². The zero-order valence-corrected chi connectivity index (χ0v) is 19.3. The summed E-state index contributed by atoms with van der Waals surface area (Å²) in [4.78, 5) is 0. The summed E-state index contributed by atoms with van der Waals surface area (Å²) in [6, 6.07) is 9.16. The third-order valence-corrected chi connectivity index (χ3v) is 9.01. The molecule has 0 nitrogen and oxygen atoms in total. The summed E-state index contributed by atoms with van der Waals surface area (Å²) in [6.07, 6.45) is 5.90. The summed E-state index contributed by atoms with van der Waals surface area (Å²) in [6.45, 7) is 22.9. The van der Waals surface area contributed by atoms with Crippen LogP contribution in [0, 0.1) is 18.3 Å². The van der Waals surface area contributed by atoms with Gasteiger partial charge in [0.25, 0.3) is 0 Å². The summed E-state index contributed by atoms with van der Waals surface area (Å²) in [5.74, 6) is 1.30. The van der Waals surface area contributed by atoms with Crippen LogP contribution < -0.4 is 0 Å². The van der Waals surface area contributed by atoms with Gasteiger partial charge in [0, 0.05) is 0 Å². The van der Waals surface area contributed by atoms with Crippen LogP contribution >= 0.6 is 22.1 Å². The third kappa shape index (κ3) is 7.63. The van der Waals surface area contributed by atoms with Gasteiger partial charge in [-0.25, -0.2) is 0 Å². The van der Waals surface area contributed by atoms with Gasteiger partial charge >= 0.3 is 165 Å². The van der Waals surface area contributed by atoms with Crippen molar-refractivity contribution in [1.82, 2.24) is 0 Å². The zero-order valence-electron chi connectivity index (χ0n) is 17.6. The molecule has 0 saturated carbocycles. The van der Waals surface area contributed by atoms with Gasteiger partial charge in [0.05, 0.1) is 0 Å². The normalized spacial score (nSPS) is 17.3. The molecule has 0 spiro atoms. The van der Waals surface area contributed by atoms with Crippen molar-refractivity contribution < 1.29 is 0 Å². The van der Waals surface area contributed by atoms with Crippen LogP contribution in [0.25, 0.3) is 0 Å². The molecule has 0 N–H and O–H groups in total. The van der Waals surface area contributed by atoms with E-state index in [-0.39, 0.29) is 15.7 Å². The molecule has 1 radical (unpaired) electrons. The van der Waals surface area contributed by atoms with Crippen LogP contribution in [0.3, 0.4) is 0 Å². The Balaban J connectivity index is 2.94. The molecular weight excluding hydrogens is 339 g/mol. The molecule has 0 saturated heterocycles. The van der Waals surface area contributed by atoms with Gasteiger partial charge in [-0.15, -0.1) is 0 Å². The monoisotopic (exact) mass is 377 g/mol. The molecule has 4 atom stereocenters. The fraction of sp³-hybridized carbons (Fsp3) is 0.727. The van der Waals surface area contributed by atoms with Crippen LogP contribution in [0.5, 0.6) is 0 Å². The molecule has 1 aromatic carbocycles. The van der Waals surface area contributed by atoms with Crippen molar-refractivity contribution in [2.45, 2.75) is 83.5 Å². The Labute approximate surface area is 165 Å². The van der Waals surface area contributed by atoms with Gasteiger partial charge in [0.1, 0.15) is 0 Å². The molecule has 0 fully saturated rings. The first-order valence-electron chi connectivity index (χ1n) is 9.61. The van der Waals surface area contributed by atoms with E-state index in [0.29, 0.717) is 21.7 Å². The zero-order chi connectivity index (χ0) is 19.2. The van der Waals surface area contributed by atoms with Crippen molar-refractivity contribution in [1.29, 1.82) is 0 Å². The van der Waals surface area contributed by atoms with E-state index in [1.807, 2.05) is 11.8 Å². The maximum atomic E-state index is 6.68. The molecule has 0 aliphatic heterocycles. The SMILES string of the molecule is [B]=S(C(CCC(c1ccc(C)cc1)C(C)(C)C)CC(C)C)C(C)SC. The van der Waals surface area contributed by atoms with E-state index >= 15 is 0 Å². The van der Waals surface area contributed by atoms with Gasteiger partial charge in [-0.2, -0.15) is 0 Å². The number of thioether (sulfide) groups is 1. The van der Waals surface area contributed by atoms with Crippen molar-refractivity contribution in [3.8, 4) is 0 Å². The molecule has 0 heterocycles. The molecule has 1 rings (SSSR count). The fourth-order valence-electron chi connectivity index (χ4n) is 3.52. The molecule has 0 aromatic heterocycles. The first kappa shape index (κ1) is 23.0. The molecule has 0 amide bonds. The first-order chi connectivity index (χ1) is 11.6. The predicted molar refractivity (Wildman–Crippen MR) is 122 cm³/mol.